The van der Waals surface area contributed by atoms with E-state index >= 15 is 0 Å². The summed E-state index contributed by atoms with van der Waals surface area (Å²) < 4.78 is 0. The molecule has 0 bridgehead atoms. The lowest BCUT2D eigenvalue weighted by Crippen LogP contribution is -2.44. The highest BCUT2D eigenvalue weighted by Gasteiger charge is 2.28. The smallest absolute Gasteiger partial charge is 0.227 e. The van der Waals surface area contributed by atoms with E-state index in [0.29, 0.717) is 17.3 Å². The van der Waals surface area contributed by atoms with Gasteiger partial charge in [-0.05, 0) is 18.4 Å². The molecule has 1 aliphatic carbocycles. The molecular weight excluding hydrogens is 290 g/mol. The molecule has 1 fully saturated rings. The van der Waals surface area contributed by atoms with Crippen molar-refractivity contribution in [1.29, 1.82) is 0 Å². The van der Waals surface area contributed by atoms with Gasteiger partial charge in [0, 0.05) is 17.9 Å². The first-order valence-corrected chi connectivity index (χ1v) is 7.53. The molecule has 1 aromatic carbocycles. The zero-order chi connectivity index (χ0) is 13.0. The maximum Gasteiger partial charge on any atom is 0.227 e. The summed E-state index contributed by atoms with van der Waals surface area (Å²) in [5.41, 5.74) is 1.09. The molecule has 3 heteroatoms. The van der Waals surface area contributed by atoms with Crippen LogP contribution in [0.25, 0.3) is 0 Å². The number of amides is 1. The summed E-state index contributed by atoms with van der Waals surface area (Å²) in [6.45, 7) is 0. The minimum absolute atomic E-state index is 0.220. The lowest BCUT2D eigenvalue weighted by atomic mass is 9.94. The van der Waals surface area contributed by atoms with Crippen molar-refractivity contribution in [3.05, 3.63) is 35.9 Å². The van der Waals surface area contributed by atoms with Crippen LogP contribution in [-0.4, -0.2) is 28.7 Å². The Morgan fingerprint density at radius 2 is 1.94 bits per heavy atom. The Hall–Kier alpha value is -0.830. The number of hydrogen-bond donors (Lipinski definition) is 0. The predicted molar refractivity (Wildman–Crippen MR) is 77.9 cm³/mol. The van der Waals surface area contributed by atoms with E-state index in [1.54, 1.807) is 0 Å². The monoisotopic (exact) mass is 309 g/mol. The molecule has 98 valence electrons. The van der Waals surface area contributed by atoms with Crippen LogP contribution in [0.3, 0.4) is 0 Å². The molecule has 0 N–H and O–H groups in total. The van der Waals surface area contributed by atoms with Crippen molar-refractivity contribution >= 4 is 21.8 Å². The van der Waals surface area contributed by atoms with Crippen LogP contribution >= 0.6 is 15.9 Å². The van der Waals surface area contributed by atoms with E-state index in [-0.39, 0.29) is 5.91 Å². The van der Waals surface area contributed by atoms with Crippen molar-refractivity contribution in [2.45, 2.75) is 43.0 Å². The number of benzene rings is 1. The largest absolute Gasteiger partial charge is 0.341 e. The van der Waals surface area contributed by atoms with Gasteiger partial charge in [-0.25, -0.2) is 0 Å². The third kappa shape index (κ3) is 3.35. The van der Waals surface area contributed by atoms with E-state index in [9.17, 15) is 4.79 Å². The minimum atomic E-state index is 0.220. The second kappa shape index (κ2) is 6.37. The summed E-state index contributed by atoms with van der Waals surface area (Å²) in [5.74, 6) is 0.220. The Bertz CT molecular complexity index is 393. The maximum atomic E-state index is 12.3. The number of halogens is 1. The van der Waals surface area contributed by atoms with Gasteiger partial charge in [-0.3, -0.25) is 4.79 Å². The summed E-state index contributed by atoms with van der Waals surface area (Å²) >= 11 is 3.72. The Balaban J connectivity index is 1.96. The summed E-state index contributed by atoms with van der Waals surface area (Å²) in [6.07, 6.45) is 5.30. The molecule has 0 aromatic heterocycles. The van der Waals surface area contributed by atoms with Crippen LogP contribution in [0.1, 0.15) is 31.2 Å². The molecule has 18 heavy (non-hydrogen) atoms. The second-order valence-electron chi connectivity index (χ2n) is 5.03. The molecule has 0 aliphatic heterocycles. The van der Waals surface area contributed by atoms with Crippen LogP contribution < -0.4 is 0 Å². The molecule has 2 rings (SSSR count). The van der Waals surface area contributed by atoms with Gasteiger partial charge in [-0.2, -0.15) is 0 Å². The van der Waals surface area contributed by atoms with Crippen molar-refractivity contribution in [3.63, 3.8) is 0 Å². The van der Waals surface area contributed by atoms with E-state index in [2.05, 4.69) is 15.9 Å². The van der Waals surface area contributed by atoms with Gasteiger partial charge in [0.2, 0.25) is 5.91 Å². The first-order valence-electron chi connectivity index (χ1n) is 6.62. The standard InChI is InChI=1S/C15H20BrNO/c1-17(14-10-6-5-9-13(14)16)15(18)11-12-7-3-2-4-8-12/h2-4,7-8,13-14H,5-6,9-11H2,1H3. The van der Waals surface area contributed by atoms with E-state index < -0.39 is 0 Å². The van der Waals surface area contributed by atoms with Crippen LogP contribution in [0.15, 0.2) is 30.3 Å². The molecular formula is C15H20BrNO. The molecule has 2 unspecified atom stereocenters. The number of likely N-dealkylation sites (N-methyl/N-ethyl adjacent to an activating group) is 1. The zero-order valence-electron chi connectivity index (χ0n) is 10.8. The third-order valence-electron chi connectivity index (χ3n) is 3.74. The van der Waals surface area contributed by atoms with Crippen molar-refractivity contribution in [2.24, 2.45) is 0 Å². The van der Waals surface area contributed by atoms with E-state index in [0.717, 1.165) is 12.0 Å². The van der Waals surface area contributed by atoms with Gasteiger partial charge in [-0.15, -0.1) is 0 Å². The van der Waals surface area contributed by atoms with Crippen molar-refractivity contribution in [2.75, 3.05) is 7.05 Å². The third-order valence-corrected chi connectivity index (χ3v) is 4.80. The number of carbonyl (C=O) groups is 1. The van der Waals surface area contributed by atoms with Crippen molar-refractivity contribution < 1.29 is 4.79 Å². The van der Waals surface area contributed by atoms with Crippen LogP contribution in [0, 0.1) is 0 Å². The summed E-state index contributed by atoms with van der Waals surface area (Å²) in [7, 11) is 1.94. The highest BCUT2D eigenvalue weighted by Crippen LogP contribution is 2.28. The first-order chi connectivity index (χ1) is 8.68. The summed E-state index contributed by atoms with van der Waals surface area (Å²) in [5, 5.41) is 0. The topological polar surface area (TPSA) is 20.3 Å². The number of carbonyl (C=O) groups excluding carboxylic acids is 1. The molecule has 0 saturated heterocycles. The maximum absolute atomic E-state index is 12.3. The zero-order valence-corrected chi connectivity index (χ0v) is 12.4. The molecule has 0 radical (unpaired) electrons. The van der Waals surface area contributed by atoms with Crippen LogP contribution in [0.4, 0.5) is 0 Å². The van der Waals surface area contributed by atoms with Crippen molar-refractivity contribution in [1.82, 2.24) is 4.90 Å². The molecule has 1 amide bonds. The van der Waals surface area contributed by atoms with E-state index in [1.807, 2.05) is 42.3 Å². The highest BCUT2D eigenvalue weighted by atomic mass is 79.9. The predicted octanol–water partition coefficient (Wildman–Crippen LogP) is 3.39. The van der Waals surface area contributed by atoms with Gasteiger partial charge in [-0.1, -0.05) is 59.1 Å². The SMILES string of the molecule is CN(C(=O)Cc1ccccc1)C1CCCCC1Br. The number of alkyl halides is 1. The number of nitrogens with zero attached hydrogens (tertiary/aromatic N) is 1. The first kappa shape index (κ1) is 13.6. The van der Waals surface area contributed by atoms with Gasteiger partial charge in [0.05, 0.1) is 6.42 Å². The molecule has 1 aromatic rings. The number of hydrogen-bond acceptors (Lipinski definition) is 1. The van der Waals surface area contributed by atoms with E-state index in [1.165, 1.54) is 19.3 Å². The van der Waals surface area contributed by atoms with Crippen molar-refractivity contribution in [3.8, 4) is 0 Å². The second-order valence-corrected chi connectivity index (χ2v) is 6.21. The Kier molecular flexibility index (Phi) is 4.81. The summed E-state index contributed by atoms with van der Waals surface area (Å²) in [4.78, 5) is 14.7. The Labute approximate surface area is 117 Å². The highest BCUT2D eigenvalue weighted by molar-refractivity contribution is 9.09. The van der Waals surface area contributed by atoms with Gasteiger partial charge >= 0.3 is 0 Å². The molecule has 1 aliphatic rings. The number of rotatable bonds is 3. The van der Waals surface area contributed by atoms with Crippen LogP contribution in [0.5, 0.6) is 0 Å². The van der Waals surface area contributed by atoms with E-state index in [4.69, 9.17) is 0 Å². The summed E-state index contributed by atoms with van der Waals surface area (Å²) in [6, 6.07) is 10.3. The average Bonchev–Trinajstić information content (AvgIpc) is 2.39. The average molecular weight is 310 g/mol. The minimum Gasteiger partial charge on any atom is -0.341 e. The van der Waals surface area contributed by atoms with Gasteiger partial charge < -0.3 is 4.90 Å². The van der Waals surface area contributed by atoms with Crippen LogP contribution in [0.2, 0.25) is 0 Å². The molecule has 1 saturated carbocycles. The van der Waals surface area contributed by atoms with Gasteiger partial charge in [0.15, 0.2) is 0 Å². The fraction of sp³-hybridized carbons (Fsp3) is 0.533. The normalized spacial score (nSPS) is 23.7. The lowest BCUT2D eigenvalue weighted by Gasteiger charge is -2.35. The fourth-order valence-corrected chi connectivity index (χ4v) is 3.53. The molecule has 2 nitrogen and oxygen atoms in total. The Morgan fingerprint density at radius 1 is 1.28 bits per heavy atom. The van der Waals surface area contributed by atoms with Crippen LogP contribution in [-0.2, 0) is 11.2 Å². The van der Waals surface area contributed by atoms with Gasteiger partial charge in [0.1, 0.15) is 0 Å². The lowest BCUT2D eigenvalue weighted by molar-refractivity contribution is -0.131. The van der Waals surface area contributed by atoms with Gasteiger partial charge in [0.25, 0.3) is 0 Å². The molecule has 0 spiro atoms. The Morgan fingerprint density at radius 3 is 2.61 bits per heavy atom. The fourth-order valence-electron chi connectivity index (χ4n) is 2.58. The molecule has 0 heterocycles. The molecule has 2 atom stereocenters. The quantitative estimate of drug-likeness (QED) is 0.784.